The Hall–Kier alpha value is -0.350. The fourth-order valence-electron chi connectivity index (χ4n) is 1.65. The fraction of sp³-hybridized carbons (Fsp3) is 0.364. The first-order chi connectivity index (χ1) is 7.18. The number of halogens is 2. The summed E-state index contributed by atoms with van der Waals surface area (Å²) in [7, 11) is 0. The number of thioether (sulfide) groups is 1. The number of carbonyl (C=O) groups is 1. The third kappa shape index (κ3) is 2.42. The lowest BCUT2D eigenvalue weighted by Crippen LogP contribution is -2.15. The van der Waals surface area contributed by atoms with Gasteiger partial charge >= 0.3 is 0 Å². The molecule has 4 heteroatoms. The molecule has 15 heavy (non-hydrogen) atoms. The van der Waals surface area contributed by atoms with Gasteiger partial charge in [0.1, 0.15) is 5.82 Å². The predicted octanol–water partition coefficient (Wildman–Crippen LogP) is 3.52. The molecule has 0 aliphatic carbocycles. The van der Waals surface area contributed by atoms with Gasteiger partial charge in [-0.25, -0.2) is 4.39 Å². The van der Waals surface area contributed by atoms with Gasteiger partial charge in [0, 0.05) is 16.1 Å². The summed E-state index contributed by atoms with van der Waals surface area (Å²) in [6, 6.07) is 4.51. The largest absolute Gasteiger partial charge is 0.294 e. The molecule has 0 bridgehead atoms. The minimum absolute atomic E-state index is 0.00111. The van der Waals surface area contributed by atoms with Crippen molar-refractivity contribution >= 4 is 33.5 Å². The van der Waals surface area contributed by atoms with E-state index >= 15 is 0 Å². The molecule has 0 spiro atoms. The number of rotatable bonds is 2. The van der Waals surface area contributed by atoms with Gasteiger partial charge in [-0.3, -0.25) is 4.79 Å². The predicted molar refractivity (Wildman–Crippen MR) is 63.9 cm³/mol. The summed E-state index contributed by atoms with van der Waals surface area (Å²) in [6.07, 6.45) is 0.870. The molecule has 0 amide bonds. The second-order valence-corrected chi connectivity index (χ2v) is 5.61. The standard InChI is InChI=1S/C11H10BrFOS/c12-8-1-2-10(13)9(5-8)11(14)7-3-4-15-6-7/h1-2,5,7H,3-4,6H2. The maximum absolute atomic E-state index is 13.4. The zero-order valence-electron chi connectivity index (χ0n) is 8.00. The van der Waals surface area contributed by atoms with E-state index in [1.54, 1.807) is 23.9 Å². The molecule has 1 fully saturated rings. The zero-order chi connectivity index (χ0) is 10.8. The SMILES string of the molecule is O=C(c1cc(Br)ccc1F)C1CCSC1. The lowest BCUT2D eigenvalue weighted by Gasteiger charge is -2.08. The molecule has 1 aromatic carbocycles. The van der Waals surface area contributed by atoms with Crippen LogP contribution in [0.1, 0.15) is 16.8 Å². The number of hydrogen-bond acceptors (Lipinski definition) is 2. The van der Waals surface area contributed by atoms with Crippen LogP contribution in [0.15, 0.2) is 22.7 Å². The van der Waals surface area contributed by atoms with Crippen molar-refractivity contribution in [1.29, 1.82) is 0 Å². The van der Waals surface area contributed by atoms with Gasteiger partial charge in [0.15, 0.2) is 5.78 Å². The van der Waals surface area contributed by atoms with Crippen LogP contribution in [0.3, 0.4) is 0 Å². The van der Waals surface area contributed by atoms with E-state index in [2.05, 4.69) is 15.9 Å². The highest BCUT2D eigenvalue weighted by Crippen LogP contribution is 2.28. The lowest BCUT2D eigenvalue weighted by molar-refractivity contribution is 0.0929. The van der Waals surface area contributed by atoms with E-state index in [-0.39, 0.29) is 17.3 Å². The van der Waals surface area contributed by atoms with Gasteiger partial charge in [-0.1, -0.05) is 15.9 Å². The maximum atomic E-state index is 13.4. The van der Waals surface area contributed by atoms with Gasteiger partial charge in [0.05, 0.1) is 5.56 Å². The zero-order valence-corrected chi connectivity index (χ0v) is 10.4. The van der Waals surface area contributed by atoms with Gasteiger partial charge in [-0.15, -0.1) is 0 Å². The van der Waals surface area contributed by atoms with Crippen molar-refractivity contribution in [2.45, 2.75) is 6.42 Å². The number of benzene rings is 1. The molecular weight excluding hydrogens is 279 g/mol. The Kier molecular flexibility index (Phi) is 3.46. The fourth-order valence-corrected chi connectivity index (χ4v) is 3.23. The molecule has 0 radical (unpaired) electrons. The third-order valence-corrected chi connectivity index (χ3v) is 4.15. The van der Waals surface area contributed by atoms with E-state index in [0.29, 0.717) is 0 Å². The van der Waals surface area contributed by atoms with E-state index in [9.17, 15) is 9.18 Å². The van der Waals surface area contributed by atoms with Crippen LogP contribution in [-0.2, 0) is 0 Å². The molecule has 1 atom stereocenters. The summed E-state index contributed by atoms with van der Waals surface area (Å²) in [5.74, 6) is 1.36. The first kappa shape index (κ1) is 11.1. The van der Waals surface area contributed by atoms with Crippen molar-refractivity contribution in [3.05, 3.63) is 34.1 Å². The average Bonchev–Trinajstić information content (AvgIpc) is 2.74. The average molecular weight is 289 g/mol. The quantitative estimate of drug-likeness (QED) is 0.775. The molecule has 2 rings (SSSR count). The van der Waals surface area contributed by atoms with E-state index < -0.39 is 5.82 Å². The summed E-state index contributed by atoms with van der Waals surface area (Å²) < 4.78 is 14.2. The molecule has 1 aromatic rings. The van der Waals surface area contributed by atoms with E-state index in [1.165, 1.54) is 6.07 Å². The molecule has 1 saturated heterocycles. The van der Waals surface area contributed by atoms with Crippen molar-refractivity contribution in [1.82, 2.24) is 0 Å². The van der Waals surface area contributed by atoms with Gasteiger partial charge < -0.3 is 0 Å². The molecule has 0 saturated carbocycles. The molecule has 1 heterocycles. The Morgan fingerprint density at radius 3 is 3.00 bits per heavy atom. The van der Waals surface area contributed by atoms with Crippen LogP contribution in [0.2, 0.25) is 0 Å². The Labute approximate surface area is 101 Å². The van der Waals surface area contributed by atoms with Gasteiger partial charge in [-0.2, -0.15) is 11.8 Å². The van der Waals surface area contributed by atoms with Crippen LogP contribution in [0.4, 0.5) is 4.39 Å². The van der Waals surface area contributed by atoms with Crippen molar-refractivity contribution in [3.63, 3.8) is 0 Å². The minimum Gasteiger partial charge on any atom is -0.294 e. The summed E-state index contributed by atoms with van der Waals surface area (Å²) >= 11 is 5.01. The molecule has 0 N–H and O–H groups in total. The van der Waals surface area contributed by atoms with Crippen molar-refractivity contribution in [3.8, 4) is 0 Å². The highest BCUT2D eigenvalue weighted by molar-refractivity contribution is 9.10. The van der Waals surface area contributed by atoms with Crippen LogP contribution >= 0.6 is 27.7 Å². The molecule has 0 aromatic heterocycles. The Balaban J connectivity index is 2.27. The summed E-state index contributed by atoms with van der Waals surface area (Å²) in [5, 5.41) is 0. The second-order valence-electron chi connectivity index (χ2n) is 3.55. The van der Waals surface area contributed by atoms with Crippen LogP contribution in [0.25, 0.3) is 0 Å². The molecule has 1 aliphatic rings. The van der Waals surface area contributed by atoms with E-state index in [1.807, 2.05) is 0 Å². The van der Waals surface area contributed by atoms with Crippen molar-refractivity contribution < 1.29 is 9.18 Å². The van der Waals surface area contributed by atoms with E-state index in [4.69, 9.17) is 0 Å². The highest BCUT2D eigenvalue weighted by Gasteiger charge is 2.26. The summed E-state index contributed by atoms with van der Waals surface area (Å²) in [4.78, 5) is 11.9. The molecule has 1 aliphatic heterocycles. The lowest BCUT2D eigenvalue weighted by atomic mass is 9.97. The van der Waals surface area contributed by atoms with Crippen molar-refractivity contribution in [2.75, 3.05) is 11.5 Å². The number of Topliss-reactive ketones (excluding diaryl/α,β-unsaturated/α-hetero) is 1. The number of hydrogen-bond donors (Lipinski definition) is 0. The Morgan fingerprint density at radius 1 is 1.53 bits per heavy atom. The first-order valence-corrected chi connectivity index (χ1v) is 6.70. The van der Waals surface area contributed by atoms with Crippen LogP contribution in [0.5, 0.6) is 0 Å². The monoisotopic (exact) mass is 288 g/mol. The van der Waals surface area contributed by atoms with Crippen LogP contribution in [-0.4, -0.2) is 17.3 Å². The smallest absolute Gasteiger partial charge is 0.169 e. The van der Waals surface area contributed by atoms with Crippen molar-refractivity contribution in [2.24, 2.45) is 5.92 Å². The summed E-state index contributed by atoms with van der Waals surface area (Å²) in [6.45, 7) is 0. The second kappa shape index (κ2) is 4.66. The molecule has 1 unspecified atom stereocenters. The number of carbonyl (C=O) groups excluding carboxylic acids is 1. The molecular formula is C11H10BrFOS. The maximum Gasteiger partial charge on any atom is 0.169 e. The molecule has 1 nitrogen and oxygen atoms in total. The van der Waals surface area contributed by atoms with Crippen LogP contribution in [0, 0.1) is 11.7 Å². The van der Waals surface area contributed by atoms with Crippen LogP contribution < -0.4 is 0 Å². The highest BCUT2D eigenvalue weighted by atomic mass is 79.9. The van der Waals surface area contributed by atoms with E-state index in [0.717, 1.165) is 22.4 Å². The minimum atomic E-state index is -0.417. The number of ketones is 1. The molecule has 80 valence electrons. The summed E-state index contributed by atoms with van der Waals surface area (Å²) in [5.41, 5.74) is 0.219. The first-order valence-electron chi connectivity index (χ1n) is 4.75. The van der Waals surface area contributed by atoms with Gasteiger partial charge in [0.2, 0.25) is 0 Å². The third-order valence-electron chi connectivity index (χ3n) is 2.49. The normalized spacial score (nSPS) is 20.5. The Bertz CT molecular complexity index is 388. The Morgan fingerprint density at radius 2 is 2.33 bits per heavy atom. The van der Waals surface area contributed by atoms with Gasteiger partial charge in [-0.05, 0) is 30.4 Å². The topological polar surface area (TPSA) is 17.1 Å². The van der Waals surface area contributed by atoms with Gasteiger partial charge in [0.25, 0.3) is 0 Å².